The smallest absolute Gasteiger partial charge is 0.282 e. The molecular weight excluding hydrogens is 428 g/mol. The predicted octanol–water partition coefficient (Wildman–Crippen LogP) is 0.798. The molecule has 4 rings (SSSR count). The van der Waals surface area contributed by atoms with Gasteiger partial charge in [-0.2, -0.15) is 22.1 Å². The maximum Gasteiger partial charge on any atom is 0.282 e. The minimum absolute atomic E-state index is 0.0585. The average Bonchev–Trinajstić information content (AvgIpc) is 3.10. The summed E-state index contributed by atoms with van der Waals surface area (Å²) in [6, 6.07) is 9.65. The summed E-state index contributed by atoms with van der Waals surface area (Å²) in [6.45, 7) is 8.55. The molecule has 2 aliphatic rings. The Kier molecular flexibility index (Phi) is 6.66. The molecule has 174 valence electrons. The van der Waals surface area contributed by atoms with Crippen LogP contribution in [0.25, 0.3) is 0 Å². The minimum atomic E-state index is -3.47. The fraction of sp³-hybridized carbons (Fsp3) is 0.545. The first-order valence-electron chi connectivity index (χ1n) is 11.1. The number of carbonyl (C=O) groups excluding carboxylic acids is 1. The Morgan fingerprint density at radius 3 is 2.16 bits per heavy atom. The van der Waals surface area contributed by atoms with Crippen molar-refractivity contribution in [3.05, 3.63) is 52.8 Å². The van der Waals surface area contributed by atoms with Crippen molar-refractivity contribution in [1.29, 1.82) is 0 Å². The van der Waals surface area contributed by atoms with Crippen LogP contribution in [0, 0.1) is 13.8 Å². The first-order valence-corrected chi connectivity index (χ1v) is 12.5. The molecule has 2 aromatic rings. The van der Waals surface area contributed by atoms with Crippen molar-refractivity contribution >= 4 is 16.1 Å². The molecule has 2 saturated heterocycles. The fourth-order valence-corrected chi connectivity index (χ4v) is 5.87. The molecule has 0 N–H and O–H groups in total. The lowest BCUT2D eigenvalue weighted by Gasteiger charge is -2.39. The number of aromatic nitrogens is 2. The van der Waals surface area contributed by atoms with Crippen LogP contribution in [0.2, 0.25) is 0 Å². The van der Waals surface area contributed by atoms with E-state index in [9.17, 15) is 13.2 Å². The Morgan fingerprint density at radius 2 is 1.56 bits per heavy atom. The van der Waals surface area contributed by atoms with E-state index in [4.69, 9.17) is 0 Å². The molecule has 0 bridgehead atoms. The summed E-state index contributed by atoms with van der Waals surface area (Å²) in [6.07, 6.45) is 0. The summed E-state index contributed by atoms with van der Waals surface area (Å²) in [5, 5.41) is 4.50. The number of hydrogen-bond donors (Lipinski definition) is 0. The van der Waals surface area contributed by atoms with Gasteiger partial charge in [0, 0.05) is 63.6 Å². The molecule has 1 aromatic carbocycles. The van der Waals surface area contributed by atoms with E-state index in [1.54, 1.807) is 9.21 Å². The van der Waals surface area contributed by atoms with Crippen LogP contribution >= 0.6 is 0 Å². The van der Waals surface area contributed by atoms with Gasteiger partial charge < -0.3 is 9.80 Å². The van der Waals surface area contributed by atoms with Gasteiger partial charge in [0.2, 0.25) is 0 Å². The van der Waals surface area contributed by atoms with E-state index in [1.807, 2.05) is 55.9 Å². The number of likely N-dealkylation sites (N-methyl/N-ethyl adjacent to an activating group) is 1. The van der Waals surface area contributed by atoms with Crippen LogP contribution in [-0.2, 0) is 16.8 Å². The number of nitrogens with zero attached hydrogens (tertiary/aromatic N) is 6. The molecule has 9 nitrogen and oxygen atoms in total. The number of carbonyl (C=O) groups is 1. The van der Waals surface area contributed by atoms with E-state index in [2.05, 4.69) is 10.00 Å². The summed E-state index contributed by atoms with van der Waals surface area (Å²) in [5.41, 5.74) is 3.69. The quantitative estimate of drug-likeness (QED) is 0.659. The van der Waals surface area contributed by atoms with Crippen molar-refractivity contribution in [3.63, 3.8) is 0 Å². The number of rotatable bonds is 5. The lowest BCUT2D eigenvalue weighted by molar-refractivity contribution is 0.0692. The van der Waals surface area contributed by atoms with Gasteiger partial charge >= 0.3 is 0 Å². The lowest BCUT2D eigenvalue weighted by Crippen LogP contribution is -2.57. The summed E-state index contributed by atoms with van der Waals surface area (Å²) in [4.78, 5) is 17.0. The number of benzene rings is 1. The van der Waals surface area contributed by atoms with Crippen molar-refractivity contribution < 1.29 is 13.2 Å². The highest BCUT2D eigenvalue weighted by atomic mass is 32.2. The second-order valence-electron chi connectivity index (χ2n) is 8.69. The average molecular weight is 461 g/mol. The maximum atomic E-state index is 13.1. The fourth-order valence-electron chi connectivity index (χ4n) is 4.30. The van der Waals surface area contributed by atoms with Gasteiger partial charge in [-0.15, -0.1) is 0 Å². The molecule has 0 spiro atoms. The molecule has 0 radical (unpaired) electrons. The van der Waals surface area contributed by atoms with Gasteiger partial charge in [-0.3, -0.25) is 9.48 Å². The predicted molar refractivity (Wildman–Crippen MR) is 123 cm³/mol. The molecule has 2 fully saturated rings. The molecular formula is C22H32N6O3S. The SMILES string of the molecule is Cc1cc(C)n(Cc2cccc(C(=O)N3CCN(S(=O)(=O)N4CCN(C)CC4)CC3)c2)n1. The van der Waals surface area contributed by atoms with Crippen LogP contribution in [0.5, 0.6) is 0 Å². The van der Waals surface area contributed by atoms with Gasteiger partial charge in [0.25, 0.3) is 16.1 Å². The van der Waals surface area contributed by atoms with Gasteiger partial charge in [-0.25, -0.2) is 0 Å². The number of aryl methyl sites for hydroxylation is 2. The highest BCUT2D eigenvalue weighted by Crippen LogP contribution is 2.17. The molecule has 32 heavy (non-hydrogen) atoms. The second kappa shape index (κ2) is 9.30. The molecule has 0 unspecified atom stereocenters. The first-order chi connectivity index (χ1) is 15.2. The lowest BCUT2D eigenvalue weighted by atomic mass is 10.1. The van der Waals surface area contributed by atoms with Gasteiger partial charge in [-0.05, 0) is 44.7 Å². The summed E-state index contributed by atoms with van der Waals surface area (Å²) < 4.78 is 30.9. The van der Waals surface area contributed by atoms with E-state index in [1.165, 1.54) is 4.31 Å². The third-order valence-electron chi connectivity index (χ3n) is 6.25. The molecule has 1 aromatic heterocycles. The molecule has 0 saturated carbocycles. The van der Waals surface area contributed by atoms with Crippen molar-refractivity contribution in [1.82, 2.24) is 28.2 Å². The van der Waals surface area contributed by atoms with Crippen LogP contribution in [0.15, 0.2) is 30.3 Å². The molecule has 2 aliphatic heterocycles. The van der Waals surface area contributed by atoms with Crippen molar-refractivity contribution in [2.24, 2.45) is 0 Å². The Morgan fingerprint density at radius 1 is 0.938 bits per heavy atom. The zero-order valence-corrected chi connectivity index (χ0v) is 19.9. The van der Waals surface area contributed by atoms with Crippen molar-refractivity contribution in [3.8, 4) is 0 Å². The molecule has 0 atom stereocenters. The molecule has 1 amide bonds. The van der Waals surface area contributed by atoms with Gasteiger partial charge in [0.1, 0.15) is 0 Å². The summed E-state index contributed by atoms with van der Waals surface area (Å²) >= 11 is 0. The monoisotopic (exact) mass is 460 g/mol. The standard InChI is InChI=1S/C22H32N6O3S/c1-18-15-19(2)28(23-18)17-20-5-4-6-21(16-20)22(29)25-9-13-27(14-10-25)32(30,31)26-11-7-24(3)8-12-26/h4-6,15-16H,7-14,17H2,1-3H3. The molecule has 0 aliphatic carbocycles. The van der Waals surface area contributed by atoms with Crippen LogP contribution in [0.1, 0.15) is 27.3 Å². The maximum absolute atomic E-state index is 13.1. The van der Waals surface area contributed by atoms with Crippen molar-refractivity contribution in [2.45, 2.75) is 20.4 Å². The third kappa shape index (κ3) is 4.88. The van der Waals surface area contributed by atoms with Crippen molar-refractivity contribution in [2.75, 3.05) is 59.4 Å². The number of hydrogen-bond acceptors (Lipinski definition) is 5. The Hall–Kier alpha value is -2.27. The van der Waals surface area contributed by atoms with E-state index in [0.717, 1.165) is 30.0 Å². The van der Waals surface area contributed by atoms with Crippen LogP contribution < -0.4 is 0 Å². The van der Waals surface area contributed by atoms with Crippen LogP contribution in [0.3, 0.4) is 0 Å². The second-order valence-corrected chi connectivity index (χ2v) is 10.6. The molecule has 10 heteroatoms. The summed E-state index contributed by atoms with van der Waals surface area (Å²) in [5.74, 6) is -0.0585. The van der Waals surface area contributed by atoms with Gasteiger partial charge in [0.15, 0.2) is 0 Å². The van der Waals surface area contributed by atoms with E-state index in [0.29, 0.717) is 51.4 Å². The summed E-state index contributed by atoms with van der Waals surface area (Å²) in [7, 11) is -1.47. The normalized spacial score (nSPS) is 19.4. The highest BCUT2D eigenvalue weighted by Gasteiger charge is 2.34. The Labute approximate surface area is 190 Å². The Bertz CT molecular complexity index is 1070. The van der Waals surface area contributed by atoms with Gasteiger partial charge in [0.05, 0.1) is 12.2 Å². The van der Waals surface area contributed by atoms with E-state index >= 15 is 0 Å². The number of piperazine rings is 2. The van der Waals surface area contributed by atoms with Crippen LogP contribution in [0.4, 0.5) is 0 Å². The zero-order valence-electron chi connectivity index (χ0n) is 19.1. The highest BCUT2D eigenvalue weighted by molar-refractivity contribution is 7.86. The zero-order chi connectivity index (χ0) is 22.9. The topological polar surface area (TPSA) is 82.0 Å². The van der Waals surface area contributed by atoms with E-state index in [-0.39, 0.29) is 5.91 Å². The Balaban J connectivity index is 1.38. The van der Waals surface area contributed by atoms with Crippen LogP contribution in [-0.4, -0.2) is 102 Å². The minimum Gasteiger partial charge on any atom is -0.336 e. The molecule has 3 heterocycles. The largest absolute Gasteiger partial charge is 0.336 e. The first kappa shape index (κ1) is 22.9. The third-order valence-corrected chi connectivity index (χ3v) is 8.29. The van der Waals surface area contributed by atoms with Gasteiger partial charge in [-0.1, -0.05) is 12.1 Å². The number of amides is 1. The van der Waals surface area contributed by atoms with E-state index < -0.39 is 10.2 Å².